The highest BCUT2D eigenvalue weighted by atomic mass is 19.1. The van der Waals surface area contributed by atoms with Crippen LogP contribution in [0.25, 0.3) is 0 Å². The Kier molecular flexibility index (Phi) is 20.8. The molecule has 0 unspecified atom stereocenters. The predicted molar refractivity (Wildman–Crippen MR) is 116 cm³/mol. The van der Waals surface area contributed by atoms with Crippen molar-refractivity contribution in [2.45, 2.75) is 27.2 Å². The van der Waals surface area contributed by atoms with Gasteiger partial charge in [0.1, 0.15) is 13.0 Å². The molecule has 4 heteroatoms. The predicted octanol–water partition coefficient (Wildman–Crippen LogP) is 4.74. The lowest BCUT2D eigenvalue weighted by atomic mass is 10.2. The van der Waals surface area contributed by atoms with Gasteiger partial charge in [-0.1, -0.05) is 61.8 Å². The van der Waals surface area contributed by atoms with E-state index in [1.165, 1.54) is 12.2 Å². The number of carbonyl (C=O) groups is 1. The quantitative estimate of drug-likeness (QED) is 0.177. The average Bonchev–Trinajstić information content (AvgIpc) is 2.67. The van der Waals surface area contributed by atoms with Crippen molar-refractivity contribution in [3.63, 3.8) is 0 Å². The van der Waals surface area contributed by atoms with E-state index >= 15 is 0 Å². The average molecular weight is 373 g/mol. The first-order chi connectivity index (χ1) is 13.1. The fraction of sp³-hybridized carbons (Fsp3) is 0.348. The second-order valence-electron chi connectivity index (χ2n) is 5.25. The summed E-state index contributed by atoms with van der Waals surface area (Å²) in [6.07, 6.45) is 24.3. The van der Waals surface area contributed by atoms with Crippen molar-refractivity contribution in [3.8, 4) is 12.3 Å². The number of hydrogen-bond acceptors (Lipinski definition) is 3. The number of allylic oxidation sites excluding steroid dienone is 8. The van der Waals surface area contributed by atoms with Gasteiger partial charge in [0.2, 0.25) is 0 Å². The number of halogens is 1. The zero-order chi connectivity index (χ0) is 20.8. The molecule has 0 aromatic rings. The summed E-state index contributed by atoms with van der Waals surface area (Å²) in [5.41, 5.74) is 1.85. The van der Waals surface area contributed by atoms with Crippen LogP contribution in [0.15, 0.2) is 72.2 Å². The van der Waals surface area contributed by atoms with Crippen LogP contribution in [0.1, 0.15) is 27.2 Å². The Morgan fingerprint density at radius 1 is 1.19 bits per heavy atom. The van der Waals surface area contributed by atoms with Crippen molar-refractivity contribution < 1.29 is 9.18 Å². The number of carbonyl (C=O) groups excluding carboxylic acids is 1. The van der Waals surface area contributed by atoms with Crippen LogP contribution in [0.2, 0.25) is 0 Å². The van der Waals surface area contributed by atoms with E-state index in [-0.39, 0.29) is 0 Å². The second kappa shape index (κ2) is 21.2. The van der Waals surface area contributed by atoms with Gasteiger partial charge in [0.05, 0.1) is 0 Å². The van der Waals surface area contributed by atoms with E-state index in [4.69, 9.17) is 6.42 Å². The van der Waals surface area contributed by atoms with Crippen LogP contribution in [-0.2, 0) is 4.79 Å². The molecule has 0 radical (unpaired) electrons. The molecule has 0 saturated heterocycles. The van der Waals surface area contributed by atoms with E-state index < -0.39 is 6.67 Å². The molecule has 0 heterocycles. The maximum atomic E-state index is 12.0. The first-order valence-corrected chi connectivity index (χ1v) is 9.07. The van der Waals surface area contributed by atoms with Gasteiger partial charge in [-0.25, -0.2) is 4.39 Å². The number of hydrogen-bond donors (Lipinski definition) is 1. The van der Waals surface area contributed by atoms with Gasteiger partial charge >= 0.3 is 0 Å². The molecule has 0 rings (SSSR count). The monoisotopic (exact) mass is 372 g/mol. The molecule has 0 aliphatic rings. The van der Waals surface area contributed by atoms with Crippen LogP contribution in [0.4, 0.5) is 4.39 Å². The molecule has 0 aliphatic heterocycles. The van der Waals surface area contributed by atoms with Crippen molar-refractivity contribution in [2.75, 3.05) is 26.8 Å². The molecule has 0 aliphatic carbocycles. The number of alkyl halides is 1. The van der Waals surface area contributed by atoms with Crippen molar-refractivity contribution in [1.82, 2.24) is 10.2 Å². The minimum absolute atomic E-state index is 0.458. The number of nitrogens with zero attached hydrogens (tertiary/aromatic N) is 1. The number of nitrogens with one attached hydrogen (secondary N) is 1. The normalized spacial score (nSPS) is 12.4. The molecule has 0 spiro atoms. The molecule has 0 bridgehead atoms. The first-order valence-electron chi connectivity index (χ1n) is 9.07. The van der Waals surface area contributed by atoms with E-state index in [9.17, 15) is 9.18 Å². The highest BCUT2D eigenvalue weighted by molar-refractivity contribution is 5.66. The maximum Gasteiger partial charge on any atom is 0.144 e. The fourth-order valence-corrected chi connectivity index (χ4v) is 1.82. The van der Waals surface area contributed by atoms with E-state index in [0.717, 1.165) is 24.0 Å². The Bertz CT molecular complexity index is 590. The van der Waals surface area contributed by atoms with E-state index in [2.05, 4.69) is 11.2 Å². The van der Waals surface area contributed by atoms with Crippen LogP contribution in [0.3, 0.4) is 0 Å². The standard InChI is InChI=1S/C21H27FN2O.C2H6/c1-4-5-6-7-8-11-16-23-21(14-18-25)13-17-24(3)19-20(2)12-9-10-15-22;1-2/h1,5-10,12-14,17-18,23H,11,15-16,19H2,2-3H3;1-2H3/b6-5-,8-7-,10-9-,17-13-,20-12+,21-14+;. The largest absolute Gasteiger partial charge is 0.385 e. The van der Waals surface area contributed by atoms with Crippen molar-refractivity contribution in [1.29, 1.82) is 0 Å². The van der Waals surface area contributed by atoms with Gasteiger partial charge in [-0.2, -0.15) is 0 Å². The van der Waals surface area contributed by atoms with Crippen LogP contribution in [-0.4, -0.2) is 38.0 Å². The molecule has 27 heavy (non-hydrogen) atoms. The van der Waals surface area contributed by atoms with E-state index in [1.807, 2.05) is 63.2 Å². The summed E-state index contributed by atoms with van der Waals surface area (Å²) in [6.45, 7) is 6.95. The van der Waals surface area contributed by atoms with Crippen molar-refractivity contribution >= 4 is 6.29 Å². The summed E-state index contributed by atoms with van der Waals surface area (Å²) in [6, 6.07) is 0. The molecule has 148 valence electrons. The number of likely N-dealkylation sites (N-methyl/N-ethyl adjacent to an activating group) is 1. The highest BCUT2D eigenvalue weighted by Crippen LogP contribution is 2.00. The molecule has 0 atom stereocenters. The van der Waals surface area contributed by atoms with Crippen molar-refractivity contribution in [3.05, 3.63) is 72.2 Å². The summed E-state index contributed by atoms with van der Waals surface area (Å²) < 4.78 is 12.0. The lowest BCUT2D eigenvalue weighted by molar-refractivity contribution is -0.104. The summed E-state index contributed by atoms with van der Waals surface area (Å²) in [7, 11) is 1.94. The van der Waals surface area contributed by atoms with Gasteiger partial charge in [-0.15, -0.1) is 6.42 Å². The Hall–Kier alpha value is -2.80. The lowest BCUT2D eigenvalue weighted by Gasteiger charge is -2.14. The fourth-order valence-electron chi connectivity index (χ4n) is 1.82. The molecule has 0 fully saturated rings. The van der Waals surface area contributed by atoms with E-state index in [1.54, 1.807) is 18.2 Å². The Labute approximate surface area is 164 Å². The Morgan fingerprint density at radius 3 is 2.56 bits per heavy atom. The number of aldehydes is 1. The Balaban J connectivity index is 0. The highest BCUT2D eigenvalue weighted by Gasteiger charge is 1.95. The maximum absolute atomic E-state index is 12.0. The van der Waals surface area contributed by atoms with Gasteiger partial charge in [0.15, 0.2) is 0 Å². The molecule has 1 N–H and O–H groups in total. The zero-order valence-corrected chi connectivity index (χ0v) is 17.0. The van der Waals surface area contributed by atoms with Gasteiger partial charge in [-0.05, 0) is 25.5 Å². The third-order valence-electron chi connectivity index (χ3n) is 2.94. The third kappa shape index (κ3) is 19.4. The summed E-state index contributed by atoms with van der Waals surface area (Å²) >= 11 is 0. The number of rotatable bonds is 12. The molecule has 0 saturated carbocycles. The molecule has 0 aromatic heterocycles. The zero-order valence-electron chi connectivity index (χ0n) is 17.0. The van der Waals surface area contributed by atoms with Gasteiger partial charge < -0.3 is 10.2 Å². The Morgan fingerprint density at radius 2 is 1.93 bits per heavy atom. The summed E-state index contributed by atoms with van der Waals surface area (Å²) in [4.78, 5) is 12.7. The first kappa shape index (κ1) is 26.4. The van der Waals surface area contributed by atoms with Crippen LogP contribution < -0.4 is 5.32 Å². The molecular formula is C23H33FN2O. The van der Waals surface area contributed by atoms with Crippen molar-refractivity contribution in [2.24, 2.45) is 0 Å². The van der Waals surface area contributed by atoms with Crippen LogP contribution >= 0.6 is 0 Å². The second-order valence-corrected chi connectivity index (χ2v) is 5.25. The topological polar surface area (TPSA) is 32.3 Å². The van der Waals surface area contributed by atoms with E-state index in [0.29, 0.717) is 13.1 Å². The third-order valence-corrected chi connectivity index (χ3v) is 2.94. The van der Waals surface area contributed by atoms with Gasteiger partial charge in [-0.3, -0.25) is 4.79 Å². The number of terminal acetylenes is 1. The van der Waals surface area contributed by atoms with Gasteiger partial charge in [0.25, 0.3) is 0 Å². The minimum Gasteiger partial charge on any atom is -0.385 e. The van der Waals surface area contributed by atoms with Gasteiger partial charge in [0, 0.05) is 38.1 Å². The molecule has 0 aromatic carbocycles. The van der Waals surface area contributed by atoms with Crippen LogP contribution in [0.5, 0.6) is 0 Å². The molecular weight excluding hydrogens is 339 g/mol. The SMILES string of the molecule is C#C/C=C\C=C/CCNC(/C=C\N(C)C/C(C)=C/C=C\CF)=C/C=O.CC. The lowest BCUT2D eigenvalue weighted by Crippen LogP contribution is -2.16. The smallest absolute Gasteiger partial charge is 0.144 e. The molecule has 3 nitrogen and oxygen atoms in total. The summed E-state index contributed by atoms with van der Waals surface area (Å²) in [5, 5.41) is 3.20. The van der Waals surface area contributed by atoms with Crippen LogP contribution in [0, 0.1) is 12.3 Å². The molecule has 0 amide bonds. The minimum atomic E-state index is -0.458. The summed E-state index contributed by atoms with van der Waals surface area (Å²) in [5.74, 6) is 2.41.